The molecule has 0 radical (unpaired) electrons. The van der Waals surface area contributed by atoms with E-state index in [9.17, 15) is 9.90 Å². The van der Waals surface area contributed by atoms with E-state index in [0.29, 0.717) is 30.0 Å². The Morgan fingerprint density at radius 2 is 1.68 bits per heavy atom. The third-order valence-electron chi connectivity index (χ3n) is 6.45. The number of nitrogens with one attached hydrogen (secondary N) is 3. The lowest BCUT2D eigenvalue weighted by Gasteiger charge is -2.30. The number of rotatable bonds is 10. The fourth-order valence-corrected chi connectivity index (χ4v) is 4.64. The quantitative estimate of drug-likeness (QED) is 0.241. The molecule has 7 heteroatoms. The molecule has 0 atom stereocenters. The number of hydrogen-bond donors (Lipinski definition) is 4. The molecule has 0 aliphatic rings. The SMILES string of the molecule is CCN/C=C(\C=N)NC(=O)c1cc2c(CC)c(C(O)(c3ccccc3)c3ccccc3)cn2cc1OC. The number of aliphatic hydroxyl groups is 1. The van der Waals surface area contributed by atoms with E-state index in [0.717, 1.165) is 34.0 Å². The molecule has 0 aliphatic heterocycles. The molecule has 0 saturated heterocycles. The molecule has 190 valence electrons. The van der Waals surface area contributed by atoms with Gasteiger partial charge >= 0.3 is 0 Å². The number of carbonyl (C=O) groups is 1. The van der Waals surface area contributed by atoms with Crippen molar-refractivity contribution in [3.05, 3.63) is 119 Å². The zero-order chi connectivity index (χ0) is 26.4. The maximum Gasteiger partial charge on any atom is 0.259 e. The number of hydrogen-bond acceptors (Lipinski definition) is 5. The Kier molecular flexibility index (Phi) is 7.74. The lowest BCUT2D eigenvalue weighted by Crippen LogP contribution is -2.29. The summed E-state index contributed by atoms with van der Waals surface area (Å²) in [7, 11) is 1.51. The maximum atomic E-state index is 13.2. The van der Waals surface area contributed by atoms with Crippen molar-refractivity contribution in [1.82, 2.24) is 15.0 Å². The Morgan fingerprint density at radius 1 is 1.05 bits per heavy atom. The zero-order valence-electron chi connectivity index (χ0n) is 21.3. The van der Waals surface area contributed by atoms with Gasteiger partial charge < -0.3 is 30.3 Å². The Morgan fingerprint density at radius 3 is 2.19 bits per heavy atom. The van der Waals surface area contributed by atoms with Crippen LogP contribution in [0.1, 0.15) is 46.5 Å². The second-order valence-corrected chi connectivity index (χ2v) is 8.62. The fraction of sp³-hybridized carbons (Fsp3) is 0.200. The number of aryl methyl sites for hydroxylation is 1. The predicted molar refractivity (Wildman–Crippen MR) is 146 cm³/mol. The van der Waals surface area contributed by atoms with E-state index >= 15 is 0 Å². The minimum Gasteiger partial charge on any atom is -0.494 e. The van der Waals surface area contributed by atoms with E-state index in [1.165, 1.54) is 7.11 Å². The van der Waals surface area contributed by atoms with Crippen LogP contribution >= 0.6 is 0 Å². The number of pyridine rings is 1. The lowest BCUT2D eigenvalue weighted by molar-refractivity contribution is 0.0964. The third-order valence-corrected chi connectivity index (χ3v) is 6.45. The van der Waals surface area contributed by atoms with Gasteiger partial charge in [-0.05, 0) is 36.1 Å². The minimum atomic E-state index is -1.41. The van der Waals surface area contributed by atoms with Gasteiger partial charge in [-0.3, -0.25) is 4.79 Å². The number of fused-ring (bicyclic) bond motifs is 1. The van der Waals surface area contributed by atoms with E-state index in [2.05, 4.69) is 10.6 Å². The molecule has 2 aromatic carbocycles. The first kappa shape index (κ1) is 25.7. The van der Waals surface area contributed by atoms with Crippen LogP contribution in [-0.2, 0) is 12.0 Å². The summed E-state index contributed by atoms with van der Waals surface area (Å²) in [6.07, 6.45) is 6.96. The van der Waals surface area contributed by atoms with Crippen LogP contribution in [0.4, 0.5) is 0 Å². The molecule has 0 saturated carbocycles. The van der Waals surface area contributed by atoms with Gasteiger partial charge in [-0.15, -0.1) is 0 Å². The molecule has 7 nitrogen and oxygen atoms in total. The van der Waals surface area contributed by atoms with Crippen molar-refractivity contribution in [1.29, 1.82) is 5.41 Å². The van der Waals surface area contributed by atoms with Crippen LogP contribution in [0.2, 0.25) is 0 Å². The second-order valence-electron chi connectivity index (χ2n) is 8.62. The van der Waals surface area contributed by atoms with Crippen LogP contribution < -0.4 is 15.4 Å². The highest BCUT2D eigenvalue weighted by molar-refractivity contribution is 6.01. The zero-order valence-corrected chi connectivity index (χ0v) is 21.3. The van der Waals surface area contributed by atoms with Crippen molar-refractivity contribution < 1.29 is 14.6 Å². The van der Waals surface area contributed by atoms with Crippen molar-refractivity contribution in [3.63, 3.8) is 0 Å². The number of ether oxygens (including phenoxy) is 1. The van der Waals surface area contributed by atoms with E-state index in [-0.39, 0.29) is 0 Å². The highest BCUT2D eigenvalue weighted by Crippen LogP contribution is 2.41. The van der Waals surface area contributed by atoms with Crippen LogP contribution in [0.15, 0.2) is 91.0 Å². The molecule has 0 bridgehead atoms. The van der Waals surface area contributed by atoms with Crippen molar-refractivity contribution in [3.8, 4) is 5.75 Å². The summed E-state index contributed by atoms with van der Waals surface area (Å²) in [5.74, 6) is -0.0110. The highest BCUT2D eigenvalue weighted by atomic mass is 16.5. The van der Waals surface area contributed by atoms with Crippen LogP contribution in [-0.4, -0.2) is 35.3 Å². The van der Waals surface area contributed by atoms with Crippen LogP contribution in [0.3, 0.4) is 0 Å². The summed E-state index contributed by atoms with van der Waals surface area (Å²) in [4.78, 5) is 13.2. The van der Waals surface area contributed by atoms with Gasteiger partial charge in [0, 0.05) is 36.2 Å². The lowest BCUT2D eigenvalue weighted by atomic mass is 9.79. The van der Waals surface area contributed by atoms with E-state index in [4.69, 9.17) is 10.1 Å². The number of nitrogens with zero attached hydrogens (tertiary/aromatic N) is 1. The van der Waals surface area contributed by atoms with Gasteiger partial charge in [-0.25, -0.2) is 0 Å². The average Bonchev–Trinajstić information content (AvgIpc) is 3.32. The monoisotopic (exact) mass is 496 g/mol. The highest BCUT2D eigenvalue weighted by Gasteiger charge is 2.37. The molecule has 37 heavy (non-hydrogen) atoms. The molecular weight excluding hydrogens is 464 g/mol. The van der Waals surface area contributed by atoms with Crippen LogP contribution in [0.25, 0.3) is 5.52 Å². The topological polar surface area (TPSA) is 98.9 Å². The van der Waals surface area contributed by atoms with Crippen LogP contribution in [0, 0.1) is 5.41 Å². The summed E-state index contributed by atoms with van der Waals surface area (Å²) in [6, 6.07) is 21.0. The summed E-state index contributed by atoms with van der Waals surface area (Å²) in [5, 5.41) is 25.8. The predicted octanol–water partition coefficient (Wildman–Crippen LogP) is 4.62. The summed E-state index contributed by atoms with van der Waals surface area (Å²) in [5.41, 5.74) is 3.21. The second kappa shape index (κ2) is 11.1. The Labute approximate surface area is 216 Å². The van der Waals surface area contributed by atoms with E-state index in [1.54, 1.807) is 18.5 Å². The van der Waals surface area contributed by atoms with Gasteiger partial charge in [0.25, 0.3) is 5.91 Å². The first-order valence-electron chi connectivity index (χ1n) is 12.3. The Bertz CT molecular complexity index is 1390. The largest absolute Gasteiger partial charge is 0.494 e. The number of carbonyl (C=O) groups excluding carboxylic acids is 1. The van der Waals surface area contributed by atoms with Gasteiger partial charge in [0.05, 0.1) is 24.6 Å². The number of benzene rings is 2. The first-order chi connectivity index (χ1) is 18.0. The number of methoxy groups -OCH3 is 1. The standard InChI is InChI=1S/C30H32N4O3/c1-4-24-26(30(36,21-12-8-6-9-13-21)22-14-10-7-11-15-22)19-34-20-28(37-3)25(16-27(24)34)29(35)33-23(17-31)18-32-5-2/h6-20,31-32,36H,4-5H2,1-3H3,(H,33,35)/b23-18+,31-17?. The Balaban J connectivity index is 1.91. The Hall–Kier alpha value is -4.36. The molecule has 1 amide bonds. The van der Waals surface area contributed by atoms with Crippen LogP contribution in [0.5, 0.6) is 5.75 Å². The molecule has 0 aliphatic carbocycles. The molecular formula is C30H32N4O3. The van der Waals surface area contributed by atoms with Gasteiger partial charge in [-0.2, -0.15) is 0 Å². The van der Waals surface area contributed by atoms with E-state index < -0.39 is 11.5 Å². The summed E-state index contributed by atoms with van der Waals surface area (Å²) < 4.78 is 7.47. The van der Waals surface area contributed by atoms with Crippen molar-refractivity contribution in [2.45, 2.75) is 25.9 Å². The first-order valence-corrected chi connectivity index (χ1v) is 12.3. The molecule has 4 aromatic rings. The minimum absolute atomic E-state index is 0.335. The molecule has 0 spiro atoms. The molecule has 4 N–H and O–H groups in total. The van der Waals surface area contributed by atoms with Gasteiger partial charge in [-0.1, -0.05) is 67.6 Å². The molecule has 4 rings (SSSR count). The normalized spacial score (nSPS) is 11.8. The van der Waals surface area contributed by atoms with Crippen molar-refractivity contribution in [2.24, 2.45) is 0 Å². The van der Waals surface area contributed by atoms with E-state index in [1.807, 2.05) is 85.1 Å². The summed E-state index contributed by atoms with van der Waals surface area (Å²) in [6.45, 7) is 4.63. The number of aromatic nitrogens is 1. The average molecular weight is 497 g/mol. The van der Waals surface area contributed by atoms with Crippen molar-refractivity contribution in [2.75, 3.05) is 13.7 Å². The molecule has 2 aromatic heterocycles. The fourth-order valence-electron chi connectivity index (χ4n) is 4.64. The molecule has 0 fully saturated rings. The number of amides is 1. The van der Waals surface area contributed by atoms with Gasteiger partial charge in [0.15, 0.2) is 0 Å². The van der Waals surface area contributed by atoms with Gasteiger partial charge in [0.2, 0.25) is 0 Å². The van der Waals surface area contributed by atoms with Gasteiger partial charge in [0.1, 0.15) is 11.4 Å². The van der Waals surface area contributed by atoms with Crippen molar-refractivity contribution >= 4 is 17.6 Å². The number of allylic oxidation sites excluding steroid dienone is 1. The maximum absolute atomic E-state index is 13.2. The molecule has 0 unspecified atom stereocenters. The third kappa shape index (κ3) is 4.86. The summed E-state index contributed by atoms with van der Waals surface area (Å²) >= 11 is 0. The molecule has 2 heterocycles. The smallest absolute Gasteiger partial charge is 0.259 e.